The fraction of sp³-hybridized carbons (Fsp3) is 0.625. The normalized spacial score (nSPS) is 19.6. The van der Waals surface area contributed by atoms with E-state index in [0.717, 1.165) is 18.4 Å². The van der Waals surface area contributed by atoms with Crippen molar-refractivity contribution in [1.82, 2.24) is 10.0 Å². The Balaban J connectivity index is 2.05. The highest BCUT2D eigenvalue weighted by atomic mass is 32.2. The lowest BCUT2D eigenvalue weighted by Gasteiger charge is -2.23. The minimum absolute atomic E-state index is 0.119. The molecule has 1 atom stereocenters. The molecule has 0 amide bonds. The van der Waals surface area contributed by atoms with Gasteiger partial charge in [-0.15, -0.1) is 0 Å². The van der Waals surface area contributed by atoms with Crippen molar-refractivity contribution in [3.05, 3.63) is 29.8 Å². The zero-order valence-electron chi connectivity index (χ0n) is 13.1. The van der Waals surface area contributed by atoms with Crippen LogP contribution in [-0.4, -0.2) is 22.0 Å². The van der Waals surface area contributed by atoms with Crippen LogP contribution in [0.25, 0.3) is 0 Å². The molecule has 0 spiro atoms. The summed E-state index contributed by atoms with van der Waals surface area (Å²) in [5, 5.41) is 3.14. The molecule has 1 aromatic rings. The van der Waals surface area contributed by atoms with E-state index in [2.05, 4.69) is 17.0 Å². The van der Waals surface area contributed by atoms with E-state index in [1.807, 2.05) is 26.1 Å². The minimum atomic E-state index is -3.41. The predicted octanol–water partition coefficient (Wildman–Crippen LogP) is 2.83. The summed E-state index contributed by atoms with van der Waals surface area (Å²) >= 11 is 0. The second kappa shape index (κ2) is 6.46. The first-order valence-corrected chi connectivity index (χ1v) is 9.12. The molecule has 1 fully saturated rings. The quantitative estimate of drug-likeness (QED) is 0.849. The Labute approximate surface area is 128 Å². The lowest BCUT2D eigenvalue weighted by molar-refractivity contribution is 0.336. The Morgan fingerprint density at radius 2 is 1.76 bits per heavy atom. The molecule has 0 aromatic heterocycles. The molecule has 5 heteroatoms. The topological polar surface area (TPSA) is 58.2 Å². The summed E-state index contributed by atoms with van der Waals surface area (Å²) in [5.74, 6) is 0. The van der Waals surface area contributed by atoms with Gasteiger partial charge in [0.15, 0.2) is 0 Å². The van der Waals surface area contributed by atoms with E-state index in [1.165, 1.54) is 12.8 Å². The lowest BCUT2D eigenvalue weighted by atomic mass is 9.89. The number of rotatable bonds is 6. The van der Waals surface area contributed by atoms with Gasteiger partial charge >= 0.3 is 0 Å². The van der Waals surface area contributed by atoms with Crippen molar-refractivity contribution in [2.24, 2.45) is 5.41 Å². The molecular formula is C16H26N2O2S. The Hall–Kier alpha value is -0.910. The van der Waals surface area contributed by atoms with Gasteiger partial charge in [0.25, 0.3) is 0 Å². The van der Waals surface area contributed by atoms with E-state index in [-0.39, 0.29) is 11.5 Å². The van der Waals surface area contributed by atoms with Crippen molar-refractivity contribution < 1.29 is 8.42 Å². The molecule has 118 valence electrons. The van der Waals surface area contributed by atoms with Crippen molar-refractivity contribution >= 4 is 10.0 Å². The Kier molecular flexibility index (Phi) is 5.07. The molecular weight excluding hydrogens is 284 g/mol. The van der Waals surface area contributed by atoms with Crippen LogP contribution in [0.5, 0.6) is 0 Å². The molecule has 1 unspecified atom stereocenters. The average molecular weight is 310 g/mol. The van der Waals surface area contributed by atoms with E-state index in [0.29, 0.717) is 11.4 Å². The van der Waals surface area contributed by atoms with Crippen molar-refractivity contribution in [3.8, 4) is 0 Å². The van der Waals surface area contributed by atoms with Gasteiger partial charge in [0.1, 0.15) is 0 Å². The van der Waals surface area contributed by atoms with Gasteiger partial charge in [0.2, 0.25) is 10.0 Å². The highest BCUT2D eigenvalue weighted by Gasteiger charge is 2.30. The third-order valence-electron chi connectivity index (χ3n) is 4.62. The summed E-state index contributed by atoms with van der Waals surface area (Å²) < 4.78 is 27.5. The van der Waals surface area contributed by atoms with Gasteiger partial charge in [-0.3, -0.25) is 0 Å². The van der Waals surface area contributed by atoms with E-state index < -0.39 is 10.0 Å². The molecule has 2 rings (SSSR count). The summed E-state index contributed by atoms with van der Waals surface area (Å²) in [5.41, 5.74) is 1.20. The molecule has 0 bridgehead atoms. The summed E-state index contributed by atoms with van der Waals surface area (Å²) in [6, 6.07) is 7.32. The van der Waals surface area contributed by atoms with Gasteiger partial charge < -0.3 is 5.32 Å². The lowest BCUT2D eigenvalue weighted by Crippen LogP contribution is -2.34. The second-order valence-corrected chi connectivity index (χ2v) is 8.19. The summed E-state index contributed by atoms with van der Waals surface area (Å²) in [6.07, 6.45) is 4.62. The van der Waals surface area contributed by atoms with Crippen molar-refractivity contribution in [3.63, 3.8) is 0 Å². The van der Waals surface area contributed by atoms with E-state index in [9.17, 15) is 8.42 Å². The van der Waals surface area contributed by atoms with E-state index in [1.54, 1.807) is 12.1 Å². The number of hydrogen-bond acceptors (Lipinski definition) is 3. The van der Waals surface area contributed by atoms with Crippen LogP contribution in [0.3, 0.4) is 0 Å². The van der Waals surface area contributed by atoms with Crippen molar-refractivity contribution in [2.75, 3.05) is 13.6 Å². The molecule has 1 aromatic carbocycles. The molecule has 1 saturated carbocycles. The van der Waals surface area contributed by atoms with Crippen LogP contribution in [0.4, 0.5) is 0 Å². The smallest absolute Gasteiger partial charge is 0.240 e. The zero-order valence-corrected chi connectivity index (χ0v) is 14.0. The first-order chi connectivity index (χ1) is 9.86. The molecule has 0 saturated heterocycles. The van der Waals surface area contributed by atoms with E-state index >= 15 is 0 Å². The fourth-order valence-corrected chi connectivity index (χ4v) is 4.06. The third-order valence-corrected chi connectivity index (χ3v) is 6.04. The van der Waals surface area contributed by atoms with Crippen LogP contribution in [-0.2, 0) is 10.0 Å². The van der Waals surface area contributed by atoms with Crippen molar-refractivity contribution in [2.45, 2.75) is 50.5 Å². The molecule has 1 aliphatic rings. The van der Waals surface area contributed by atoms with Crippen LogP contribution in [0.2, 0.25) is 0 Å². The molecule has 0 heterocycles. The molecule has 0 aliphatic heterocycles. The Morgan fingerprint density at radius 1 is 1.19 bits per heavy atom. The maximum absolute atomic E-state index is 12.4. The maximum atomic E-state index is 12.4. The van der Waals surface area contributed by atoms with E-state index in [4.69, 9.17) is 0 Å². The summed E-state index contributed by atoms with van der Waals surface area (Å²) in [7, 11) is -1.52. The van der Waals surface area contributed by atoms with Crippen molar-refractivity contribution in [1.29, 1.82) is 0 Å². The van der Waals surface area contributed by atoms with Gasteiger partial charge in [-0.2, -0.15) is 0 Å². The van der Waals surface area contributed by atoms with Gasteiger partial charge in [-0.25, -0.2) is 13.1 Å². The number of nitrogens with one attached hydrogen (secondary N) is 2. The predicted molar refractivity (Wildman–Crippen MR) is 85.7 cm³/mol. The monoisotopic (exact) mass is 310 g/mol. The summed E-state index contributed by atoms with van der Waals surface area (Å²) in [6.45, 7) is 4.74. The van der Waals surface area contributed by atoms with Crippen LogP contribution in [0.1, 0.15) is 51.1 Å². The average Bonchev–Trinajstić information content (AvgIpc) is 2.92. The number of benzene rings is 1. The highest BCUT2D eigenvalue weighted by Crippen LogP contribution is 2.37. The Bertz CT molecular complexity index is 560. The first kappa shape index (κ1) is 16.5. The molecule has 2 N–H and O–H groups in total. The van der Waals surface area contributed by atoms with Crippen LogP contribution < -0.4 is 10.0 Å². The molecule has 4 nitrogen and oxygen atoms in total. The fourth-order valence-electron chi connectivity index (χ4n) is 2.86. The SMILES string of the molecule is CNC(C)c1ccc(S(=O)(=O)NCC2(C)CCCC2)cc1. The third kappa shape index (κ3) is 4.05. The number of hydrogen-bond donors (Lipinski definition) is 2. The largest absolute Gasteiger partial charge is 0.313 e. The van der Waals surface area contributed by atoms with Crippen LogP contribution in [0, 0.1) is 5.41 Å². The standard InChI is InChI=1S/C16H26N2O2S/c1-13(17-3)14-6-8-15(9-7-14)21(19,20)18-12-16(2)10-4-5-11-16/h6-9,13,17-18H,4-5,10-12H2,1-3H3. The van der Waals surface area contributed by atoms with Gasteiger partial charge in [0.05, 0.1) is 4.90 Å². The highest BCUT2D eigenvalue weighted by molar-refractivity contribution is 7.89. The van der Waals surface area contributed by atoms with Gasteiger partial charge in [-0.1, -0.05) is 31.9 Å². The van der Waals surface area contributed by atoms with Gasteiger partial charge in [-0.05, 0) is 49.9 Å². The van der Waals surface area contributed by atoms with Crippen LogP contribution >= 0.6 is 0 Å². The number of sulfonamides is 1. The van der Waals surface area contributed by atoms with Gasteiger partial charge in [0, 0.05) is 12.6 Å². The van der Waals surface area contributed by atoms with Crippen LogP contribution in [0.15, 0.2) is 29.2 Å². The summed E-state index contributed by atoms with van der Waals surface area (Å²) in [4.78, 5) is 0.344. The molecule has 1 aliphatic carbocycles. The second-order valence-electron chi connectivity index (χ2n) is 6.42. The maximum Gasteiger partial charge on any atom is 0.240 e. The molecule has 21 heavy (non-hydrogen) atoms. The molecule has 0 radical (unpaired) electrons. The minimum Gasteiger partial charge on any atom is -0.313 e. The Morgan fingerprint density at radius 3 is 2.29 bits per heavy atom. The zero-order chi connectivity index (χ0) is 15.5. The first-order valence-electron chi connectivity index (χ1n) is 7.63.